The molecule has 2 aromatic rings. The fourth-order valence-corrected chi connectivity index (χ4v) is 3.76. The molecule has 0 bridgehead atoms. The molecule has 5 nitrogen and oxygen atoms in total. The molecule has 0 aromatic heterocycles. The van der Waals surface area contributed by atoms with Crippen molar-refractivity contribution in [2.45, 2.75) is 26.3 Å². The zero-order valence-electron chi connectivity index (χ0n) is 16.2. The van der Waals surface area contributed by atoms with Gasteiger partial charge in [-0.15, -0.1) is 0 Å². The summed E-state index contributed by atoms with van der Waals surface area (Å²) in [4.78, 5) is 27.3. The second-order valence-corrected chi connectivity index (χ2v) is 7.44. The molecule has 148 valence electrons. The minimum absolute atomic E-state index is 0.0143. The van der Waals surface area contributed by atoms with Gasteiger partial charge in [0.05, 0.1) is 12.7 Å². The molecule has 0 radical (unpaired) electrons. The minimum atomic E-state index is -0.0923. The lowest BCUT2D eigenvalue weighted by molar-refractivity contribution is -0.126. The van der Waals surface area contributed by atoms with E-state index in [1.54, 1.807) is 13.2 Å². The lowest BCUT2D eigenvalue weighted by Crippen LogP contribution is -2.43. The number of amides is 2. The first-order chi connectivity index (χ1) is 13.5. The van der Waals surface area contributed by atoms with E-state index in [1.807, 2.05) is 48.2 Å². The third-order valence-electron chi connectivity index (χ3n) is 5.23. The van der Waals surface area contributed by atoms with Crippen LogP contribution < -0.4 is 10.1 Å². The van der Waals surface area contributed by atoms with E-state index >= 15 is 0 Å². The van der Waals surface area contributed by atoms with E-state index in [4.69, 9.17) is 16.3 Å². The van der Waals surface area contributed by atoms with Crippen LogP contribution in [-0.4, -0.2) is 36.9 Å². The number of benzene rings is 2. The number of ether oxygens (including phenoxy) is 1. The summed E-state index contributed by atoms with van der Waals surface area (Å²) < 4.78 is 5.36. The van der Waals surface area contributed by atoms with E-state index < -0.39 is 0 Å². The SMILES string of the molecule is COc1cccc(C)c1C(=O)N1CCC(C(=O)NCc2ccccc2Cl)CC1. The zero-order valence-corrected chi connectivity index (χ0v) is 17.0. The Kier molecular flexibility index (Phi) is 6.57. The molecule has 1 heterocycles. The van der Waals surface area contributed by atoms with E-state index in [9.17, 15) is 9.59 Å². The maximum atomic E-state index is 13.0. The number of carbonyl (C=O) groups excluding carboxylic acids is 2. The first-order valence-corrected chi connectivity index (χ1v) is 9.83. The lowest BCUT2D eigenvalue weighted by Gasteiger charge is -2.32. The number of hydrogen-bond acceptors (Lipinski definition) is 3. The van der Waals surface area contributed by atoms with Crippen molar-refractivity contribution in [3.05, 3.63) is 64.2 Å². The molecule has 3 rings (SSSR count). The number of rotatable bonds is 5. The second kappa shape index (κ2) is 9.11. The quantitative estimate of drug-likeness (QED) is 0.829. The smallest absolute Gasteiger partial charge is 0.257 e. The van der Waals surface area contributed by atoms with Gasteiger partial charge in [-0.3, -0.25) is 9.59 Å². The van der Waals surface area contributed by atoms with Gasteiger partial charge in [0, 0.05) is 30.6 Å². The number of methoxy groups -OCH3 is 1. The number of halogens is 1. The Balaban J connectivity index is 1.56. The van der Waals surface area contributed by atoms with E-state index in [0.29, 0.717) is 48.8 Å². The highest BCUT2D eigenvalue weighted by Crippen LogP contribution is 2.26. The van der Waals surface area contributed by atoms with Crippen LogP contribution >= 0.6 is 11.6 Å². The van der Waals surface area contributed by atoms with Gasteiger partial charge in [-0.2, -0.15) is 0 Å². The molecule has 0 saturated carbocycles. The summed E-state index contributed by atoms with van der Waals surface area (Å²) in [5.74, 6) is 0.472. The van der Waals surface area contributed by atoms with Gasteiger partial charge in [0.1, 0.15) is 5.75 Å². The van der Waals surface area contributed by atoms with E-state index in [1.165, 1.54) is 0 Å². The molecule has 0 aliphatic carbocycles. The minimum Gasteiger partial charge on any atom is -0.496 e. The molecule has 0 unspecified atom stereocenters. The topological polar surface area (TPSA) is 58.6 Å². The van der Waals surface area contributed by atoms with Gasteiger partial charge in [0.2, 0.25) is 5.91 Å². The number of aryl methyl sites for hydroxylation is 1. The first-order valence-electron chi connectivity index (χ1n) is 9.45. The third kappa shape index (κ3) is 4.47. The van der Waals surface area contributed by atoms with Crippen LogP contribution in [0.2, 0.25) is 5.02 Å². The predicted molar refractivity (Wildman–Crippen MR) is 110 cm³/mol. The molecule has 1 aliphatic rings. The zero-order chi connectivity index (χ0) is 20.1. The summed E-state index contributed by atoms with van der Waals surface area (Å²) in [6, 6.07) is 13.1. The van der Waals surface area contributed by atoms with Crippen molar-refractivity contribution >= 4 is 23.4 Å². The lowest BCUT2D eigenvalue weighted by atomic mass is 9.94. The fraction of sp³-hybridized carbons (Fsp3) is 0.364. The summed E-state index contributed by atoms with van der Waals surface area (Å²) in [7, 11) is 1.57. The molecular weight excluding hydrogens is 376 g/mol. The molecule has 0 atom stereocenters. The van der Waals surface area contributed by atoms with Crippen molar-refractivity contribution in [3.8, 4) is 5.75 Å². The number of likely N-dealkylation sites (tertiary alicyclic amines) is 1. The Hall–Kier alpha value is -2.53. The molecule has 6 heteroatoms. The highest BCUT2D eigenvalue weighted by Gasteiger charge is 2.29. The van der Waals surface area contributed by atoms with Crippen molar-refractivity contribution in [3.63, 3.8) is 0 Å². The Morgan fingerprint density at radius 2 is 1.86 bits per heavy atom. The molecule has 2 amide bonds. The highest BCUT2D eigenvalue weighted by molar-refractivity contribution is 6.31. The third-order valence-corrected chi connectivity index (χ3v) is 5.60. The van der Waals surface area contributed by atoms with E-state index in [2.05, 4.69) is 5.32 Å². The molecule has 1 aliphatic heterocycles. The van der Waals surface area contributed by atoms with Crippen LogP contribution in [0.1, 0.15) is 34.3 Å². The number of nitrogens with one attached hydrogen (secondary N) is 1. The van der Waals surface area contributed by atoms with Crippen LogP contribution in [0.3, 0.4) is 0 Å². The summed E-state index contributed by atoms with van der Waals surface area (Å²) >= 11 is 6.14. The van der Waals surface area contributed by atoms with Gasteiger partial charge in [0.25, 0.3) is 5.91 Å². The Bertz CT molecular complexity index is 861. The second-order valence-electron chi connectivity index (χ2n) is 7.03. The maximum absolute atomic E-state index is 13.0. The number of nitrogens with zero attached hydrogens (tertiary/aromatic N) is 1. The highest BCUT2D eigenvalue weighted by atomic mass is 35.5. The molecule has 1 saturated heterocycles. The Morgan fingerprint density at radius 3 is 2.54 bits per heavy atom. The number of carbonyl (C=O) groups is 2. The largest absolute Gasteiger partial charge is 0.496 e. The van der Waals surface area contributed by atoms with E-state index in [0.717, 1.165) is 11.1 Å². The van der Waals surface area contributed by atoms with Crippen LogP contribution in [0.15, 0.2) is 42.5 Å². The van der Waals surface area contributed by atoms with Crippen LogP contribution in [0.5, 0.6) is 5.75 Å². The summed E-state index contributed by atoms with van der Waals surface area (Å²) in [5.41, 5.74) is 2.40. The van der Waals surface area contributed by atoms with Gasteiger partial charge in [-0.05, 0) is 43.0 Å². The first kappa shape index (κ1) is 20.2. The van der Waals surface area contributed by atoms with Gasteiger partial charge in [0.15, 0.2) is 0 Å². The molecule has 0 spiro atoms. The van der Waals surface area contributed by atoms with Crippen molar-refractivity contribution in [1.29, 1.82) is 0 Å². The van der Waals surface area contributed by atoms with Crippen molar-refractivity contribution in [1.82, 2.24) is 10.2 Å². The number of hydrogen-bond donors (Lipinski definition) is 1. The Morgan fingerprint density at radius 1 is 1.14 bits per heavy atom. The van der Waals surface area contributed by atoms with Gasteiger partial charge in [-0.1, -0.05) is 41.9 Å². The van der Waals surface area contributed by atoms with Crippen molar-refractivity contribution in [2.24, 2.45) is 5.92 Å². The Labute approximate surface area is 170 Å². The summed E-state index contributed by atoms with van der Waals surface area (Å²) in [5, 5.41) is 3.61. The van der Waals surface area contributed by atoms with Crippen molar-refractivity contribution in [2.75, 3.05) is 20.2 Å². The fourth-order valence-electron chi connectivity index (χ4n) is 3.56. The van der Waals surface area contributed by atoms with E-state index in [-0.39, 0.29) is 17.7 Å². The molecule has 1 N–H and O–H groups in total. The number of piperidine rings is 1. The van der Waals surface area contributed by atoms with Gasteiger partial charge >= 0.3 is 0 Å². The van der Waals surface area contributed by atoms with Gasteiger partial charge < -0.3 is 15.0 Å². The molecular formula is C22H25ClN2O3. The molecule has 1 fully saturated rings. The predicted octanol–water partition coefficient (Wildman–Crippen LogP) is 3.83. The van der Waals surface area contributed by atoms with Crippen LogP contribution in [0, 0.1) is 12.8 Å². The normalized spacial score (nSPS) is 14.6. The summed E-state index contributed by atoms with van der Waals surface area (Å²) in [6.45, 7) is 3.43. The molecule has 2 aromatic carbocycles. The van der Waals surface area contributed by atoms with Crippen LogP contribution in [-0.2, 0) is 11.3 Å². The average Bonchev–Trinajstić information content (AvgIpc) is 2.72. The average molecular weight is 401 g/mol. The van der Waals surface area contributed by atoms with Crippen LogP contribution in [0.25, 0.3) is 0 Å². The standard InChI is InChI=1S/C22H25ClN2O3/c1-15-6-5-9-19(28-2)20(15)22(27)25-12-10-16(11-13-25)21(26)24-14-17-7-3-4-8-18(17)23/h3-9,16H,10-14H2,1-2H3,(H,24,26). The monoisotopic (exact) mass is 400 g/mol. The van der Waals surface area contributed by atoms with Gasteiger partial charge in [-0.25, -0.2) is 0 Å². The van der Waals surface area contributed by atoms with Crippen LogP contribution in [0.4, 0.5) is 0 Å². The van der Waals surface area contributed by atoms with Crippen molar-refractivity contribution < 1.29 is 14.3 Å². The maximum Gasteiger partial charge on any atom is 0.257 e. The summed E-state index contributed by atoms with van der Waals surface area (Å²) in [6.07, 6.45) is 1.29. The molecule has 28 heavy (non-hydrogen) atoms.